The fourth-order valence-corrected chi connectivity index (χ4v) is 2.26. The van der Waals surface area contributed by atoms with Crippen molar-refractivity contribution >= 4 is 17.4 Å². The van der Waals surface area contributed by atoms with Crippen LogP contribution in [0.4, 0.5) is 0 Å². The summed E-state index contributed by atoms with van der Waals surface area (Å²) in [5.74, 6) is 0.805. The number of nitrogens with zero attached hydrogens (tertiary/aromatic N) is 2. The molecule has 18 heavy (non-hydrogen) atoms. The van der Waals surface area contributed by atoms with Gasteiger partial charge >= 0.3 is 0 Å². The van der Waals surface area contributed by atoms with Gasteiger partial charge in [-0.3, -0.25) is 4.79 Å². The maximum absolute atomic E-state index is 11.7. The van der Waals surface area contributed by atoms with Crippen molar-refractivity contribution in [1.29, 1.82) is 0 Å². The van der Waals surface area contributed by atoms with Gasteiger partial charge in [-0.15, -0.1) is 0 Å². The Labute approximate surface area is 110 Å². The molecule has 2 aromatic rings. The molecular formula is C14H11ClN2O. The molecule has 4 heteroatoms. The van der Waals surface area contributed by atoms with Crippen LogP contribution in [0.3, 0.4) is 0 Å². The van der Waals surface area contributed by atoms with Gasteiger partial charge in [-0.05, 0) is 37.1 Å². The molecule has 0 saturated heterocycles. The Balaban J connectivity index is 2.04. The van der Waals surface area contributed by atoms with E-state index in [2.05, 4.69) is 9.97 Å². The lowest BCUT2D eigenvalue weighted by atomic mass is 9.96. The molecule has 0 aliphatic heterocycles. The van der Waals surface area contributed by atoms with E-state index in [0.29, 0.717) is 22.8 Å². The van der Waals surface area contributed by atoms with E-state index in [0.717, 1.165) is 24.1 Å². The predicted octanol–water partition coefficient (Wildman–Crippen LogP) is 3.32. The average Bonchev–Trinajstić information content (AvgIpc) is 2.39. The number of ketones is 1. The monoisotopic (exact) mass is 258 g/mol. The molecule has 1 aliphatic carbocycles. The molecule has 0 unspecified atom stereocenters. The standard InChI is InChI=1S/C14H11ClN2O/c15-10-6-4-9(5-7-10)14-16-8-11-12(17-14)2-1-3-13(11)18/h4-8H,1-3H2. The predicted molar refractivity (Wildman–Crippen MR) is 69.7 cm³/mol. The summed E-state index contributed by atoms with van der Waals surface area (Å²) in [4.78, 5) is 20.4. The molecule has 0 saturated carbocycles. The molecule has 90 valence electrons. The summed E-state index contributed by atoms with van der Waals surface area (Å²) >= 11 is 5.85. The number of benzene rings is 1. The third-order valence-electron chi connectivity index (χ3n) is 3.09. The Morgan fingerprint density at radius 1 is 1.11 bits per heavy atom. The van der Waals surface area contributed by atoms with Gasteiger partial charge in [0.1, 0.15) is 0 Å². The van der Waals surface area contributed by atoms with E-state index in [9.17, 15) is 4.79 Å². The molecule has 1 heterocycles. The van der Waals surface area contributed by atoms with E-state index in [4.69, 9.17) is 11.6 Å². The van der Waals surface area contributed by atoms with Crippen LogP contribution in [-0.4, -0.2) is 15.8 Å². The van der Waals surface area contributed by atoms with Gasteiger partial charge in [0.25, 0.3) is 0 Å². The summed E-state index contributed by atoms with van der Waals surface area (Å²) in [7, 11) is 0. The van der Waals surface area contributed by atoms with Crippen LogP contribution in [0.25, 0.3) is 11.4 Å². The van der Waals surface area contributed by atoms with Gasteiger partial charge in [-0.2, -0.15) is 0 Å². The Hall–Kier alpha value is -1.74. The summed E-state index contributed by atoms with van der Waals surface area (Å²) in [5, 5.41) is 0.687. The highest BCUT2D eigenvalue weighted by Crippen LogP contribution is 2.23. The van der Waals surface area contributed by atoms with Crippen molar-refractivity contribution in [2.75, 3.05) is 0 Å². The van der Waals surface area contributed by atoms with E-state index < -0.39 is 0 Å². The second kappa shape index (κ2) is 4.50. The number of carbonyl (C=O) groups is 1. The van der Waals surface area contributed by atoms with E-state index in [1.54, 1.807) is 6.20 Å². The molecule has 3 rings (SSSR count). The number of hydrogen-bond acceptors (Lipinski definition) is 3. The maximum atomic E-state index is 11.7. The number of aromatic nitrogens is 2. The normalized spacial score (nSPS) is 14.4. The largest absolute Gasteiger partial charge is 0.294 e. The number of aryl methyl sites for hydroxylation is 1. The molecule has 0 atom stereocenters. The number of rotatable bonds is 1. The number of halogens is 1. The Kier molecular flexibility index (Phi) is 2.84. The van der Waals surface area contributed by atoms with Gasteiger partial charge in [0.2, 0.25) is 0 Å². The van der Waals surface area contributed by atoms with Gasteiger partial charge in [-0.25, -0.2) is 9.97 Å². The van der Waals surface area contributed by atoms with Crippen molar-refractivity contribution in [1.82, 2.24) is 9.97 Å². The number of fused-ring (bicyclic) bond motifs is 1. The lowest BCUT2D eigenvalue weighted by molar-refractivity contribution is 0.0971. The second-order valence-corrected chi connectivity index (χ2v) is 4.77. The van der Waals surface area contributed by atoms with Crippen molar-refractivity contribution in [3.63, 3.8) is 0 Å². The van der Waals surface area contributed by atoms with Crippen molar-refractivity contribution in [2.24, 2.45) is 0 Å². The number of carbonyl (C=O) groups excluding carboxylic acids is 1. The first-order valence-electron chi connectivity index (χ1n) is 5.89. The lowest BCUT2D eigenvalue weighted by Gasteiger charge is -2.13. The first-order valence-corrected chi connectivity index (χ1v) is 6.27. The molecule has 0 spiro atoms. The SMILES string of the molecule is O=C1CCCc2nc(-c3ccc(Cl)cc3)ncc21. The molecule has 1 aromatic carbocycles. The van der Waals surface area contributed by atoms with Gasteiger partial charge in [-0.1, -0.05) is 11.6 Å². The third kappa shape index (κ3) is 2.02. The molecule has 1 aromatic heterocycles. The van der Waals surface area contributed by atoms with Gasteiger partial charge in [0.15, 0.2) is 11.6 Å². The van der Waals surface area contributed by atoms with Gasteiger partial charge in [0.05, 0.1) is 11.3 Å². The molecule has 0 fully saturated rings. The highest BCUT2D eigenvalue weighted by molar-refractivity contribution is 6.30. The topological polar surface area (TPSA) is 42.9 Å². The zero-order valence-electron chi connectivity index (χ0n) is 9.69. The minimum atomic E-state index is 0.152. The van der Waals surface area contributed by atoms with E-state index in [-0.39, 0.29) is 5.78 Å². The van der Waals surface area contributed by atoms with Crippen molar-refractivity contribution in [3.8, 4) is 11.4 Å². The summed E-state index contributed by atoms with van der Waals surface area (Å²) in [6.45, 7) is 0. The van der Waals surface area contributed by atoms with E-state index in [1.807, 2.05) is 24.3 Å². The van der Waals surface area contributed by atoms with Crippen LogP contribution in [0.15, 0.2) is 30.5 Å². The number of hydrogen-bond donors (Lipinski definition) is 0. The molecule has 0 radical (unpaired) electrons. The van der Waals surface area contributed by atoms with Crippen LogP contribution >= 0.6 is 11.6 Å². The first-order chi connectivity index (χ1) is 8.74. The van der Waals surface area contributed by atoms with E-state index in [1.165, 1.54) is 0 Å². The fourth-order valence-electron chi connectivity index (χ4n) is 2.13. The van der Waals surface area contributed by atoms with Crippen molar-refractivity contribution in [2.45, 2.75) is 19.3 Å². The van der Waals surface area contributed by atoms with Crippen LogP contribution in [0.1, 0.15) is 28.9 Å². The number of Topliss-reactive ketones (excluding diaryl/α,β-unsaturated/α-hetero) is 1. The Morgan fingerprint density at radius 2 is 1.89 bits per heavy atom. The quantitative estimate of drug-likeness (QED) is 0.788. The highest BCUT2D eigenvalue weighted by Gasteiger charge is 2.19. The minimum Gasteiger partial charge on any atom is -0.294 e. The summed E-state index contributed by atoms with van der Waals surface area (Å²) in [6, 6.07) is 7.39. The van der Waals surface area contributed by atoms with Crippen LogP contribution in [0.5, 0.6) is 0 Å². The lowest BCUT2D eigenvalue weighted by Crippen LogP contribution is -2.13. The highest BCUT2D eigenvalue weighted by atomic mass is 35.5. The summed E-state index contributed by atoms with van der Waals surface area (Å²) in [5.41, 5.74) is 2.46. The first kappa shape index (κ1) is 11.4. The zero-order chi connectivity index (χ0) is 12.5. The Bertz CT molecular complexity index is 608. The van der Waals surface area contributed by atoms with E-state index >= 15 is 0 Å². The van der Waals surface area contributed by atoms with Crippen LogP contribution in [0.2, 0.25) is 5.02 Å². The molecule has 1 aliphatic rings. The average molecular weight is 259 g/mol. The second-order valence-electron chi connectivity index (χ2n) is 4.34. The van der Waals surface area contributed by atoms with Gasteiger partial charge < -0.3 is 0 Å². The molecule has 0 amide bonds. The minimum absolute atomic E-state index is 0.152. The Morgan fingerprint density at radius 3 is 2.67 bits per heavy atom. The molecule has 0 N–H and O–H groups in total. The van der Waals surface area contributed by atoms with Crippen LogP contribution in [0, 0.1) is 0 Å². The smallest absolute Gasteiger partial charge is 0.166 e. The third-order valence-corrected chi connectivity index (χ3v) is 3.34. The van der Waals surface area contributed by atoms with Gasteiger partial charge in [0, 0.05) is 23.2 Å². The maximum Gasteiger partial charge on any atom is 0.166 e. The van der Waals surface area contributed by atoms with Crippen molar-refractivity contribution in [3.05, 3.63) is 46.7 Å². The van der Waals surface area contributed by atoms with Crippen LogP contribution in [-0.2, 0) is 6.42 Å². The molecule has 3 nitrogen and oxygen atoms in total. The summed E-state index contributed by atoms with van der Waals surface area (Å²) in [6.07, 6.45) is 3.98. The summed E-state index contributed by atoms with van der Waals surface area (Å²) < 4.78 is 0. The molecular weight excluding hydrogens is 248 g/mol. The molecule has 0 bridgehead atoms. The fraction of sp³-hybridized carbons (Fsp3) is 0.214. The van der Waals surface area contributed by atoms with Crippen molar-refractivity contribution < 1.29 is 4.79 Å². The zero-order valence-corrected chi connectivity index (χ0v) is 10.4. The van der Waals surface area contributed by atoms with Crippen LogP contribution < -0.4 is 0 Å².